The molecule has 0 atom stereocenters. The number of ether oxygens (including phenoxy) is 1. The van der Waals surface area contributed by atoms with Crippen molar-refractivity contribution in [3.05, 3.63) is 44.3 Å². The van der Waals surface area contributed by atoms with E-state index in [-0.39, 0.29) is 28.2 Å². The van der Waals surface area contributed by atoms with Gasteiger partial charge in [-0.2, -0.15) is 0 Å². The Bertz CT molecular complexity index is 1040. The third-order valence-corrected chi connectivity index (χ3v) is 6.46. The van der Waals surface area contributed by atoms with Gasteiger partial charge in [-0.05, 0) is 32.3 Å². The number of hydrogen-bond acceptors (Lipinski definition) is 8. The summed E-state index contributed by atoms with van der Waals surface area (Å²) in [7, 11) is 5.34. The van der Waals surface area contributed by atoms with E-state index in [0.29, 0.717) is 34.5 Å². The Labute approximate surface area is 186 Å². The van der Waals surface area contributed by atoms with Crippen LogP contribution in [0.2, 0.25) is 5.02 Å². The number of methoxy groups -OCH3 is 1. The van der Waals surface area contributed by atoms with Gasteiger partial charge in [-0.3, -0.25) is 19.8 Å². The lowest BCUT2D eigenvalue weighted by Gasteiger charge is -2.21. The van der Waals surface area contributed by atoms with E-state index in [9.17, 15) is 14.9 Å². The molecule has 0 bridgehead atoms. The number of rotatable bonds is 7. The quantitative estimate of drug-likeness (QED) is 0.366. The first-order valence-corrected chi connectivity index (χ1v) is 10.2. The Balaban J connectivity index is 0.00000300. The van der Waals surface area contributed by atoms with Gasteiger partial charge in [-0.1, -0.05) is 34.3 Å². The first kappa shape index (κ1) is 23.3. The average molecular weight is 477 g/mol. The minimum Gasteiger partial charge on any atom is -0.494 e. The number of benzene rings is 1. The molecule has 156 valence electrons. The van der Waals surface area contributed by atoms with Crippen molar-refractivity contribution in [2.45, 2.75) is 0 Å². The molecule has 0 fully saturated rings. The van der Waals surface area contributed by atoms with E-state index in [1.165, 1.54) is 28.4 Å². The summed E-state index contributed by atoms with van der Waals surface area (Å²) in [6.07, 6.45) is 0. The molecular formula is C17H18Cl2N4O4S2. The number of carbonyl (C=O) groups is 1. The van der Waals surface area contributed by atoms with Crippen LogP contribution < -0.4 is 9.64 Å². The van der Waals surface area contributed by atoms with E-state index >= 15 is 0 Å². The van der Waals surface area contributed by atoms with Crippen molar-refractivity contribution in [2.75, 3.05) is 39.2 Å². The van der Waals surface area contributed by atoms with Crippen LogP contribution in [0, 0.1) is 10.1 Å². The number of thiazole rings is 1. The monoisotopic (exact) mass is 476 g/mol. The van der Waals surface area contributed by atoms with E-state index in [1.54, 1.807) is 19.2 Å². The number of amides is 1. The maximum atomic E-state index is 13.1. The van der Waals surface area contributed by atoms with Gasteiger partial charge < -0.3 is 9.64 Å². The molecule has 0 aliphatic rings. The van der Waals surface area contributed by atoms with Gasteiger partial charge in [0, 0.05) is 19.2 Å². The standard InChI is InChI=1S/C17H17ClN4O4S2.ClH/c1-20(2)8-9-21(16(23)12-6-7-13(27-12)22(24)25)17-19-14-11(26-3)5-4-10(18)15(14)28-17;/h4-7H,8-9H2,1-3H3;1H. The lowest BCUT2D eigenvalue weighted by atomic mass is 10.3. The van der Waals surface area contributed by atoms with Gasteiger partial charge in [0.15, 0.2) is 5.13 Å². The normalized spacial score (nSPS) is 10.8. The molecule has 0 saturated carbocycles. The third-order valence-electron chi connectivity index (χ3n) is 3.90. The van der Waals surface area contributed by atoms with Gasteiger partial charge in [-0.25, -0.2) is 4.98 Å². The number of anilines is 1. The van der Waals surface area contributed by atoms with Crippen molar-refractivity contribution >= 4 is 72.9 Å². The van der Waals surface area contributed by atoms with Gasteiger partial charge in [0.25, 0.3) is 5.91 Å². The maximum absolute atomic E-state index is 13.1. The summed E-state index contributed by atoms with van der Waals surface area (Å²) in [6.45, 7) is 0.970. The molecule has 0 N–H and O–H groups in total. The Morgan fingerprint density at radius 3 is 2.55 bits per heavy atom. The van der Waals surface area contributed by atoms with E-state index in [1.807, 2.05) is 19.0 Å². The first-order valence-electron chi connectivity index (χ1n) is 8.15. The predicted molar refractivity (Wildman–Crippen MR) is 120 cm³/mol. The van der Waals surface area contributed by atoms with Crippen molar-refractivity contribution < 1.29 is 14.5 Å². The highest BCUT2D eigenvalue weighted by Crippen LogP contribution is 2.39. The first-order chi connectivity index (χ1) is 13.3. The summed E-state index contributed by atoms with van der Waals surface area (Å²) in [5.41, 5.74) is 0.579. The second-order valence-corrected chi connectivity index (χ2v) is 8.53. The smallest absolute Gasteiger partial charge is 0.324 e. The fraction of sp³-hybridized carbons (Fsp3) is 0.294. The Morgan fingerprint density at radius 2 is 1.97 bits per heavy atom. The summed E-state index contributed by atoms with van der Waals surface area (Å²) in [5, 5.41) is 11.9. The van der Waals surface area contributed by atoms with Crippen molar-refractivity contribution in [2.24, 2.45) is 0 Å². The lowest BCUT2D eigenvalue weighted by Crippen LogP contribution is -2.36. The molecule has 8 nitrogen and oxygen atoms in total. The van der Waals surface area contributed by atoms with Crippen LogP contribution in [-0.2, 0) is 0 Å². The summed E-state index contributed by atoms with van der Waals surface area (Å²) in [5.74, 6) is 0.225. The second-order valence-electron chi connectivity index (χ2n) is 6.08. The van der Waals surface area contributed by atoms with Crippen molar-refractivity contribution in [3.8, 4) is 5.75 Å². The van der Waals surface area contributed by atoms with Gasteiger partial charge in [0.1, 0.15) is 11.3 Å². The Hall–Kier alpha value is -1.98. The zero-order valence-electron chi connectivity index (χ0n) is 15.7. The lowest BCUT2D eigenvalue weighted by molar-refractivity contribution is -0.380. The minimum atomic E-state index is -0.506. The van der Waals surface area contributed by atoms with Crippen molar-refractivity contribution in [3.63, 3.8) is 0 Å². The molecule has 2 aromatic heterocycles. The van der Waals surface area contributed by atoms with Crippen molar-refractivity contribution in [1.29, 1.82) is 0 Å². The number of nitrogens with zero attached hydrogens (tertiary/aromatic N) is 4. The van der Waals surface area contributed by atoms with Gasteiger partial charge in [-0.15, -0.1) is 12.4 Å². The fourth-order valence-corrected chi connectivity index (χ4v) is 4.53. The average Bonchev–Trinajstić information content (AvgIpc) is 3.30. The van der Waals surface area contributed by atoms with Crippen LogP contribution in [0.15, 0.2) is 24.3 Å². The molecule has 12 heteroatoms. The Kier molecular flexibility index (Phi) is 7.78. The topological polar surface area (TPSA) is 88.8 Å². The molecule has 3 rings (SSSR count). The number of aromatic nitrogens is 1. The van der Waals surface area contributed by atoms with Gasteiger partial charge >= 0.3 is 5.00 Å². The predicted octanol–water partition coefficient (Wildman–Crippen LogP) is 4.56. The minimum absolute atomic E-state index is 0. The SMILES string of the molecule is COc1ccc(Cl)c2sc(N(CCN(C)C)C(=O)c3ccc([N+](=O)[O-])s3)nc12.Cl. The molecule has 0 spiro atoms. The van der Waals surface area contributed by atoms with E-state index in [2.05, 4.69) is 4.98 Å². The molecule has 0 aliphatic heterocycles. The number of fused-ring (bicyclic) bond motifs is 1. The van der Waals surface area contributed by atoms with Gasteiger partial charge in [0.2, 0.25) is 0 Å². The highest BCUT2D eigenvalue weighted by molar-refractivity contribution is 7.23. The number of nitro groups is 1. The number of likely N-dealkylation sites (N-methyl/N-ethyl adjacent to an activating group) is 1. The summed E-state index contributed by atoms with van der Waals surface area (Å²) >= 11 is 8.43. The molecule has 29 heavy (non-hydrogen) atoms. The molecule has 0 unspecified atom stereocenters. The molecular weight excluding hydrogens is 459 g/mol. The highest BCUT2D eigenvalue weighted by Gasteiger charge is 2.25. The van der Waals surface area contributed by atoms with Gasteiger partial charge in [0.05, 0.1) is 26.6 Å². The fourth-order valence-electron chi connectivity index (χ4n) is 2.48. The largest absolute Gasteiger partial charge is 0.494 e. The number of thiophene rings is 1. The molecule has 1 amide bonds. The van der Waals surface area contributed by atoms with E-state index in [4.69, 9.17) is 16.3 Å². The molecule has 3 aromatic rings. The van der Waals surface area contributed by atoms with Crippen LogP contribution in [0.4, 0.5) is 10.1 Å². The molecule has 0 radical (unpaired) electrons. The number of halogens is 2. The van der Waals surface area contributed by atoms with Crippen LogP contribution in [0.5, 0.6) is 5.75 Å². The highest BCUT2D eigenvalue weighted by atomic mass is 35.5. The van der Waals surface area contributed by atoms with Crippen LogP contribution in [0.25, 0.3) is 10.2 Å². The number of hydrogen-bond donors (Lipinski definition) is 0. The summed E-state index contributed by atoms with van der Waals surface area (Å²) < 4.78 is 6.07. The summed E-state index contributed by atoms with van der Waals surface area (Å²) in [4.78, 5) is 31.9. The molecule has 0 saturated heterocycles. The maximum Gasteiger partial charge on any atom is 0.324 e. The van der Waals surface area contributed by atoms with E-state index < -0.39 is 4.92 Å². The summed E-state index contributed by atoms with van der Waals surface area (Å²) in [6, 6.07) is 6.25. The molecule has 2 heterocycles. The molecule has 0 aliphatic carbocycles. The molecule has 1 aromatic carbocycles. The van der Waals surface area contributed by atoms with E-state index in [0.717, 1.165) is 16.0 Å². The van der Waals surface area contributed by atoms with Crippen molar-refractivity contribution in [1.82, 2.24) is 9.88 Å². The third kappa shape index (κ3) is 4.96. The Morgan fingerprint density at radius 1 is 1.24 bits per heavy atom. The van der Waals surface area contributed by atoms with Crippen LogP contribution >= 0.6 is 46.7 Å². The number of carbonyl (C=O) groups excluding carboxylic acids is 1. The zero-order chi connectivity index (χ0) is 20.4. The zero-order valence-corrected chi connectivity index (χ0v) is 19.0. The second kappa shape index (κ2) is 9.68. The van der Waals surface area contributed by atoms with Crippen LogP contribution in [0.1, 0.15) is 9.67 Å². The van der Waals surface area contributed by atoms with Crippen LogP contribution in [-0.4, -0.2) is 55.0 Å². The van der Waals surface area contributed by atoms with Crippen LogP contribution in [0.3, 0.4) is 0 Å².